The second-order valence-corrected chi connectivity index (χ2v) is 7.61. The average molecular weight is 451 g/mol. The minimum atomic E-state index is -1.27. The maximum Gasteiger partial charge on any atom is 0.325 e. The standard InChI is InChI=1S/C23H34N2O7/c1-16(2)8-6-4-5-7-9-21(27)25-13-17-10-11-19(20(12-17)31-3)32-22(28)14-24-18(15-26)23(29)30/h6,8,10-12,16,18,24,26H,4-5,7,9,13-15H2,1-3H3,(H,25,27)(H,29,30)/b8-6+/t18-/m0/s1. The van der Waals surface area contributed by atoms with Crippen molar-refractivity contribution in [2.75, 3.05) is 20.3 Å². The molecule has 0 aromatic heterocycles. The van der Waals surface area contributed by atoms with E-state index in [1.807, 2.05) is 0 Å². The third-order valence-corrected chi connectivity index (χ3v) is 4.46. The summed E-state index contributed by atoms with van der Waals surface area (Å²) in [5.74, 6) is -1.02. The molecule has 1 aromatic carbocycles. The molecule has 0 unspecified atom stereocenters. The molecule has 1 amide bonds. The first-order valence-corrected chi connectivity index (χ1v) is 10.6. The Bertz CT molecular complexity index is 778. The number of nitrogens with one attached hydrogen (secondary N) is 2. The van der Waals surface area contributed by atoms with Crippen molar-refractivity contribution in [3.05, 3.63) is 35.9 Å². The number of carbonyl (C=O) groups excluding carboxylic acids is 2. The summed E-state index contributed by atoms with van der Waals surface area (Å²) in [4.78, 5) is 34.8. The van der Waals surface area contributed by atoms with Crippen LogP contribution in [0.2, 0.25) is 0 Å². The number of carboxylic acids is 1. The zero-order chi connectivity index (χ0) is 23.9. The number of unbranched alkanes of at least 4 members (excludes halogenated alkanes) is 2. The number of allylic oxidation sites excluding steroid dienone is 2. The fraction of sp³-hybridized carbons (Fsp3) is 0.522. The molecule has 0 aliphatic heterocycles. The average Bonchev–Trinajstić information content (AvgIpc) is 2.75. The van der Waals surface area contributed by atoms with Gasteiger partial charge < -0.3 is 25.0 Å². The van der Waals surface area contributed by atoms with E-state index in [4.69, 9.17) is 19.7 Å². The third-order valence-electron chi connectivity index (χ3n) is 4.46. The predicted octanol–water partition coefficient (Wildman–Crippen LogP) is 2.02. The largest absolute Gasteiger partial charge is 0.493 e. The second kappa shape index (κ2) is 15.0. The molecular weight excluding hydrogens is 416 g/mol. The van der Waals surface area contributed by atoms with Gasteiger partial charge in [-0.05, 0) is 42.9 Å². The summed E-state index contributed by atoms with van der Waals surface area (Å²) in [6.45, 7) is 3.52. The molecule has 1 atom stereocenters. The van der Waals surface area contributed by atoms with E-state index in [9.17, 15) is 14.4 Å². The van der Waals surface area contributed by atoms with Crippen LogP contribution in [0.4, 0.5) is 0 Å². The highest BCUT2D eigenvalue weighted by Gasteiger charge is 2.18. The van der Waals surface area contributed by atoms with Gasteiger partial charge in [0.05, 0.1) is 20.3 Å². The molecule has 0 saturated heterocycles. The van der Waals surface area contributed by atoms with Gasteiger partial charge in [-0.15, -0.1) is 0 Å². The van der Waals surface area contributed by atoms with E-state index in [1.165, 1.54) is 7.11 Å². The molecule has 178 valence electrons. The molecule has 9 nitrogen and oxygen atoms in total. The van der Waals surface area contributed by atoms with Crippen LogP contribution in [0.25, 0.3) is 0 Å². The highest BCUT2D eigenvalue weighted by Crippen LogP contribution is 2.28. The van der Waals surface area contributed by atoms with Gasteiger partial charge in [0.2, 0.25) is 5.91 Å². The van der Waals surface area contributed by atoms with Crippen molar-refractivity contribution < 1.29 is 34.1 Å². The van der Waals surface area contributed by atoms with Crippen LogP contribution in [0.5, 0.6) is 11.5 Å². The number of rotatable bonds is 15. The maximum absolute atomic E-state index is 12.0. The zero-order valence-corrected chi connectivity index (χ0v) is 18.9. The van der Waals surface area contributed by atoms with E-state index >= 15 is 0 Å². The first-order valence-electron chi connectivity index (χ1n) is 10.6. The smallest absolute Gasteiger partial charge is 0.325 e. The van der Waals surface area contributed by atoms with E-state index in [1.54, 1.807) is 18.2 Å². The molecule has 0 aliphatic rings. The van der Waals surface area contributed by atoms with Gasteiger partial charge in [0.15, 0.2) is 11.5 Å². The lowest BCUT2D eigenvalue weighted by molar-refractivity contribution is -0.141. The Morgan fingerprint density at radius 3 is 2.53 bits per heavy atom. The summed E-state index contributed by atoms with van der Waals surface area (Å²) in [5.41, 5.74) is 0.777. The third kappa shape index (κ3) is 10.9. The number of ether oxygens (including phenoxy) is 2. The number of aliphatic hydroxyl groups is 1. The van der Waals surface area contributed by atoms with Crippen LogP contribution < -0.4 is 20.1 Å². The number of benzene rings is 1. The van der Waals surface area contributed by atoms with Crippen molar-refractivity contribution in [2.45, 2.75) is 52.1 Å². The molecule has 32 heavy (non-hydrogen) atoms. The van der Waals surface area contributed by atoms with E-state index < -0.39 is 31.1 Å². The van der Waals surface area contributed by atoms with E-state index in [2.05, 4.69) is 36.6 Å². The molecule has 4 N–H and O–H groups in total. The van der Waals surface area contributed by atoms with Crippen molar-refractivity contribution >= 4 is 17.8 Å². The number of hydrogen-bond donors (Lipinski definition) is 4. The van der Waals surface area contributed by atoms with Gasteiger partial charge in [-0.2, -0.15) is 0 Å². The molecule has 0 aliphatic carbocycles. The second-order valence-electron chi connectivity index (χ2n) is 7.61. The Morgan fingerprint density at radius 2 is 1.91 bits per heavy atom. The summed E-state index contributed by atoms with van der Waals surface area (Å²) in [5, 5.41) is 23.1. The Morgan fingerprint density at radius 1 is 1.16 bits per heavy atom. The highest BCUT2D eigenvalue weighted by molar-refractivity contribution is 5.78. The first kappa shape index (κ1) is 27.1. The number of aliphatic carboxylic acids is 1. The number of aliphatic hydroxyl groups excluding tert-OH is 1. The molecule has 1 rings (SSSR count). The molecule has 9 heteroatoms. The molecule has 0 saturated carbocycles. The molecule has 0 fully saturated rings. The van der Waals surface area contributed by atoms with Gasteiger partial charge in [-0.1, -0.05) is 32.1 Å². The topological polar surface area (TPSA) is 134 Å². The van der Waals surface area contributed by atoms with Crippen LogP contribution in [0.3, 0.4) is 0 Å². The summed E-state index contributed by atoms with van der Waals surface area (Å²) < 4.78 is 10.4. The van der Waals surface area contributed by atoms with Gasteiger partial charge in [0.1, 0.15) is 6.04 Å². The fourth-order valence-corrected chi connectivity index (χ4v) is 2.71. The van der Waals surface area contributed by atoms with Crippen LogP contribution in [-0.4, -0.2) is 54.4 Å². The quantitative estimate of drug-likeness (QED) is 0.138. The van der Waals surface area contributed by atoms with Crippen LogP contribution in [0, 0.1) is 5.92 Å². The maximum atomic E-state index is 12.0. The number of carboxylic acid groups (broad SMARTS) is 1. The Labute approximate surface area is 188 Å². The summed E-state index contributed by atoms with van der Waals surface area (Å²) in [6.07, 6.45) is 7.52. The van der Waals surface area contributed by atoms with Crippen LogP contribution in [0.1, 0.15) is 45.1 Å². The minimum Gasteiger partial charge on any atom is -0.493 e. The van der Waals surface area contributed by atoms with E-state index in [0.29, 0.717) is 24.6 Å². The van der Waals surface area contributed by atoms with E-state index in [0.717, 1.165) is 24.8 Å². The Hall–Kier alpha value is -2.91. The fourth-order valence-electron chi connectivity index (χ4n) is 2.71. The van der Waals surface area contributed by atoms with Gasteiger partial charge in [-0.3, -0.25) is 19.7 Å². The lowest BCUT2D eigenvalue weighted by Crippen LogP contribution is -2.43. The first-order chi connectivity index (χ1) is 15.3. The SMILES string of the molecule is COc1cc(CNC(=O)CCCC/C=C/C(C)C)ccc1OC(=O)CN[C@@H](CO)C(=O)O. The van der Waals surface area contributed by atoms with Gasteiger partial charge in [0, 0.05) is 13.0 Å². The van der Waals surface area contributed by atoms with Crippen LogP contribution in [0.15, 0.2) is 30.4 Å². The minimum absolute atomic E-state index is 0.0322. The number of esters is 1. The molecule has 0 radical (unpaired) electrons. The number of hydrogen-bond acceptors (Lipinski definition) is 7. The van der Waals surface area contributed by atoms with Crippen LogP contribution in [-0.2, 0) is 20.9 Å². The molecule has 0 spiro atoms. The summed E-state index contributed by atoms with van der Waals surface area (Å²) in [6, 6.07) is 3.64. The lowest BCUT2D eigenvalue weighted by Gasteiger charge is -2.13. The number of carbonyl (C=O) groups is 3. The summed E-state index contributed by atoms with van der Waals surface area (Å²) >= 11 is 0. The Balaban J connectivity index is 2.47. The Kier molecular flexibility index (Phi) is 12.7. The van der Waals surface area contributed by atoms with E-state index in [-0.39, 0.29) is 11.7 Å². The van der Waals surface area contributed by atoms with Crippen molar-refractivity contribution in [2.24, 2.45) is 5.92 Å². The van der Waals surface area contributed by atoms with Crippen LogP contribution >= 0.6 is 0 Å². The van der Waals surface area contributed by atoms with Crippen molar-refractivity contribution in [1.29, 1.82) is 0 Å². The molecular formula is C23H34N2O7. The van der Waals surface area contributed by atoms with Crippen molar-refractivity contribution in [3.8, 4) is 11.5 Å². The normalized spacial score (nSPS) is 12.0. The number of amides is 1. The number of methoxy groups -OCH3 is 1. The molecule has 0 bridgehead atoms. The lowest BCUT2D eigenvalue weighted by atomic mass is 10.1. The van der Waals surface area contributed by atoms with Crippen molar-refractivity contribution in [1.82, 2.24) is 10.6 Å². The molecule has 0 heterocycles. The molecule has 1 aromatic rings. The highest BCUT2D eigenvalue weighted by atomic mass is 16.6. The monoisotopic (exact) mass is 450 g/mol. The van der Waals surface area contributed by atoms with Gasteiger partial charge in [0.25, 0.3) is 0 Å². The van der Waals surface area contributed by atoms with Gasteiger partial charge in [-0.25, -0.2) is 0 Å². The van der Waals surface area contributed by atoms with Crippen molar-refractivity contribution in [3.63, 3.8) is 0 Å². The van der Waals surface area contributed by atoms with Gasteiger partial charge >= 0.3 is 11.9 Å². The zero-order valence-electron chi connectivity index (χ0n) is 18.9. The summed E-state index contributed by atoms with van der Waals surface area (Å²) in [7, 11) is 1.42. The predicted molar refractivity (Wildman–Crippen MR) is 119 cm³/mol.